The maximum atomic E-state index is 11.9. The van der Waals surface area contributed by atoms with Gasteiger partial charge < -0.3 is 15.3 Å². The first-order valence-corrected chi connectivity index (χ1v) is 8.35. The lowest BCUT2D eigenvalue weighted by Gasteiger charge is -2.25. The quantitative estimate of drug-likeness (QED) is 0.814. The van der Waals surface area contributed by atoms with E-state index in [2.05, 4.69) is 5.32 Å². The maximum absolute atomic E-state index is 11.9. The summed E-state index contributed by atoms with van der Waals surface area (Å²) in [5.74, 6) is 2.48. The molecule has 0 bridgehead atoms. The number of rotatable bonds is 3. The van der Waals surface area contributed by atoms with E-state index in [1.165, 1.54) is 10.7 Å². The van der Waals surface area contributed by atoms with Crippen molar-refractivity contribution in [2.24, 2.45) is 0 Å². The number of thioether (sulfide) groups is 2. The fraction of sp³-hybridized carbons (Fsp3) is 0.818. The molecule has 2 aliphatic heterocycles. The van der Waals surface area contributed by atoms with E-state index >= 15 is 0 Å². The van der Waals surface area contributed by atoms with Crippen molar-refractivity contribution in [3.05, 3.63) is 0 Å². The van der Waals surface area contributed by atoms with Crippen LogP contribution in [0.1, 0.15) is 12.8 Å². The van der Waals surface area contributed by atoms with Crippen molar-refractivity contribution in [1.82, 2.24) is 10.2 Å². The Hall–Kier alpha value is -0.560. The van der Waals surface area contributed by atoms with Crippen molar-refractivity contribution in [2.75, 3.05) is 30.3 Å². The molecule has 0 aromatic carbocycles. The second kappa shape index (κ2) is 6.56. The molecule has 5 nitrogen and oxygen atoms in total. The minimum Gasteiger partial charge on any atom is -0.480 e. The summed E-state index contributed by atoms with van der Waals surface area (Å²) in [4.78, 5) is 24.4. The molecule has 2 fully saturated rings. The van der Waals surface area contributed by atoms with Gasteiger partial charge in [-0.25, -0.2) is 9.59 Å². The van der Waals surface area contributed by atoms with Crippen LogP contribution < -0.4 is 5.32 Å². The van der Waals surface area contributed by atoms with Gasteiger partial charge in [-0.15, -0.1) is 0 Å². The van der Waals surface area contributed by atoms with E-state index in [0.29, 0.717) is 24.8 Å². The molecule has 2 atom stereocenters. The molecule has 0 aliphatic carbocycles. The lowest BCUT2D eigenvalue weighted by molar-refractivity contribution is -0.141. The number of urea groups is 1. The number of hydrogen-bond acceptors (Lipinski definition) is 4. The second-order valence-corrected chi connectivity index (χ2v) is 7.00. The van der Waals surface area contributed by atoms with Gasteiger partial charge in [-0.1, -0.05) is 0 Å². The number of carboxylic acid groups (broad SMARTS) is 1. The summed E-state index contributed by atoms with van der Waals surface area (Å²) in [6.07, 6.45) is 1.34. The Labute approximate surface area is 115 Å². The van der Waals surface area contributed by atoms with E-state index in [-0.39, 0.29) is 6.03 Å². The van der Waals surface area contributed by atoms with Crippen LogP contribution in [0.2, 0.25) is 0 Å². The normalized spacial score (nSPS) is 28.1. The van der Waals surface area contributed by atoms with Crippen LogP contribution in [0, 0.1) is 0 Å². The molecule has 18 heavy (non-hydrogen) atoms. The number of hydrogen-bond donors (Lipinski definition) is 2. The highest BCUT2D eigenvalue weighted by Crippen LogP contribution is 2.23. The first-order valence-electron chi connectivity index (χ1n) is 6.15. The van der Waals surface area contributed by atoms with Crippen molar-refractivity contribution < 1.29 is 14.7 Å². The molecule has 102 valence electrons. The van der Waals surface area contributed by atoms with Crippen LogP contribution in [0.4, 0.5) is 4.79 Å². The van der Waals surface area contributed by atoms with Crippen LogP contribution in [0.25, 0.3) is 0 Å². The van der Waals surface area contributed by atoms with Crippen LogP contribution in [0.3, 0.4) is 0 Å². The Morgan fingerprint density at radius 3 is 2.89 bits per heavy atom. The van der Waals surface area contributed by atoms with E-state index in [1.807, 2.05) is 23.5 Å². The summed E-state index contributed by atoms with van der Waals surface area (Å²) in [6.45, 7) is 1.19. The minimum atomic E-state index is -0.898. The van der Waals surface area contributed by atoms with Gasteiger partial charge in [-0.2, -0.15) is 23.5 Å². The first-order chi connectivity index (χ1) is 8.68. The van der Waals surface area contributed by atoms with Crippen LogP contribution in [0.5, 0.6) is 0 Å². The number of likely N-dealkylation sites (tertiary alicyclic amines) is 1. The molecule has 0 radical (unpaired) electrons. The largest absolute Gasteiger partial charge is 0.480 e. The highest BCUT2D eigenvalue weighted by Gasteiger charge is 2.34. The molecular formula is C11H18N2O3S2. The highest BCUT2D eigenvalue weighted by molar-refractivity contribution is 8.06. The molecule has 2 heterocycles. The molecule has 2 amide bonds. The minimum absolute atomic E-state index is 0.226. The molecule has 0 saturated carbocycles. The van der Waals surface area contributed by atoms with E-state index in [0.717, 1.165) is 17.9 Å². The fourth-order valence-electron chi connectivity index (χ4n) is 2.22. The predicted molar refractivity (Wildman–Crippen MR) is 74.3 cm³/mol. The third-order valence-electron chi connectivity index (χ3n) is 3.16. The lowest BCUT2D eigenvalue weighted by Crippen LogP contribution is -2.47. The number of carbonyl (C=O) groups is 2. The summed E-state index contributed by atoms with van der Waals surface area (Å²) in [6, 6.07) is -0.866. The summed E-state index contributed by atoms with van der Waals surface area (Å²) in [7, 11) is 0. The number of carbonyl (C=O) groups excluding carboxylic acids is 1. The van der Waals surface area contributed by atoms with Crippen LogP contribution >= 0.6 is 23.5 Å². The Morgan fingerprint density at radius 2 is 2.22 bits per heavy atom. The van der Waals surface area contributed by atoms with Gasteiger partial charge in [-0.3, -0.25) is 0 Å². The topological polar surface area (TPSA) is 69.6 Å². The van der Waals surface area contributed by atoms with Gasteiger partial charge >= 0.3 is 12.0 Å². The monoisotopic (exact) mass is 290 g/mol. The molecule has 2 rings (SSSR count). The average molecular weight is 290 g/mol. The highest BCUT2D eigenvalue weighted by atomic mass is 32.2. The molecule has 2 aliphatic rings. The third-order valence-corrected chi connectivity index (χ3v) is 6.01. The SMILES string of the molecule is O=C(O)[C@@H]1CCCN1C(=O)NCC1CSCCS1. The first kappa shape index (κ1) is 13.9. The molecule has 0 aromatic heterocycles. The number of amides is 2. The predicted octanol–water partition coefficient (Wildman–Crippen LogP) is 1.09. The third kappa shape index (κ3) is 3.47. The number of carboxylic acids is 1. The zero-order chi connectivity index (χ0) is 13.0. The Balaban J connectivity index is 1.78. The smallest absolute Gasteiger partial charge is 0.326 e. The number of nitrogens with zero attached hydrogens (tertiary/aromatic N) is 1. The van der Waals surface area contributed by atoms with Crippen LogP contribution in [-0.2, 0) is 4.79 Å². The van der Waals surface area contributed by atoms with Crippen molar-refractivity contribution in [2.45, 2.75) is 24.1 Å². The van der Waals surface area contributed by atoms with Crippen molar-refractivity contribution >= 4 is 35.5 Å². The van der Waals surface area contributed by atoms with Crippen molar-refractivity contribution in [1.29, 1.82) is 0 Å². The fourth-order valence-corrected chi connectivity index (χ4v) is 4.84. The summed E-state index contributed by atoms with van der Waals surface area (Å²) < 4.78 is 0. The van der Waals surface area contributed by atoms with Gasteiger partial charge in [0.25, 0.3) is 0 Å². The number of nitrogens with one attached hydrogen (secondary N) is 1. The lowest BCUT2D eigenvalue weighted by atomic mass is 10.2. The van der Waals surface area contributed by atoms with Gasteiger partial charge in [0.1, 0.15) is 6.04 Å². The zero-order valence-corrected chi connectivity index (χ0v) is 11.8. The van der Waals surface area contributed by atoms with Crippen LogP contribution in [0.15, 0.2) is 0 Å². The van der Waals surface area contributed by atoms with E-state index in [9.17, 15) is 9.59 Å². The van der Waals surface area contributed by atoms with Crippen LogP contribution in [-0.4, -0.2) is 63.6 Å². The van der Waals surface area contributed by atoms with E-state index in [1.54, 1.807) is 0 Å². The van der Waals surface area contributed by atoms with Gasteiger partial charge in [0.2, 0.25) is 0 Å². The molecular weight excluding hydrogens is 272 g/mol. The molecule has 2 saturated heterocycles. The Morgan fingerprint density at radius 1 is 1.39 bits per heavy atom. The zero-order valence-electron chi connectivity index (χ0n) is 10.1. The summed E-state index contributed by atoms with van der Waals surface area (Å²) >= 11 is 3.80. The maximum Gasteiger partial charge on any atom is 0.326 e. The molecule has 2 N–H and O–H groups in total. The van der Waals surface area contributed by atoms with E-state index < -0.39 is 12.0 Å². The Kier molecular flexibility index (Phi) is 5.05. The second-order valence-electron chi connectivity index (χ2n) is 4.44. The Bertz CT molecular complexity index is 321. The molecule has 7 heteroatoms. The van der Waals surface area contributed by atoms with Crippen molar-refractivity contribution in [3.8, 4) is 0 Å². The molecule has 0 aromatic rings. The summed E-state index contributed by atoms with van der Waals surface area (Å²) in [5.41, 5.74) is 0. The average Bonchev–Trinajstić information content (AvgIpc) is 2.86. The van der Waals surface area contributed by atoms with Gasteiger partial charge in [0, 0.05) is 35.6 Å². The van der Waals surface area contributed by atoms with Gasteiger partial charge in [-0.05, 0) is 12.8 Å². The molecule has 0 spiro atoms. The standard InChI is InChI=1S/C11H18N2O3S2/c14-10(15)9-2-1-3-13(9)11(16)12-6-8-7-17-4-5-18-8/h8-9H,1-7H2,(H,12,16)(H,14,15)/t8?,9-/m0/s1. The number of aliphatic carboxylic acids is 1. The summed E-state index contributed by atoms with van der Waals surface area (Å²) in [5, 5.41) is 12.3. The van der Waals surface area contributed by atoms with Crippen molar-refractivity contribution in [3.63, 3.8) is 0 Å². The molecule has 1 unspecified atom stereocenters. The van der Waals surface area contributed by atoms with Gasteiger partial charge in [0.15, 0.2) is 0 Å². The van der Waals surface area contributed by atoms with E-state index in [4.69, 9.17) is 5.11 Å². The van der Waals surface area contributed by atoms with Gasteiger partial charge in [0.05, 0.1) is 0 Å².